The molecule has 0 saturated carbocycles. The van der Waals surface area contributed by atoms with Crippen molar-refractivity contribution in [2.75, 3.05) is 9.80 Å². The van der Waals surface area contributed by atoms with Gasteiger partial charge in [0.05, 0.1) is 11.4 Å². The first-order valence-electron chi connectivity index (χ1n) is 30.7. The molecule has 2 heteroatoms. The van der Waals surface area contributed by atoms with Crippen molar-refractivity contribution in [1.29, 1.82) is 0 Å². The van der Waals surface area contributed by atoms with Crippen LogP contribution in [-0.2, 0) is 23.7 Å². The van der Waals surface area contributed by atoms with E-state index in [1.165, 1.54) is 140 Å². The van der Waals surface area contributed by atoms with E-state index in [0.717, 1.165) is 48.4 Å². The monoisotopic (exact) mass is 1070 g/mol. The summed E-state index contributed by atoms with van der Waals surface area (Å²) in [6.45, 7) is 13.9. The van der Waals surface area contributed by atoms with Crippen molar-refractivity contribution in [3.05, 3.63) is 276 Å². The number of fused-ring (bicyclic) bond motifs is 2. The lowest BCUT2D eigenvalue weighted by atomic mass is 9.75. The van der Waals surface area contributed by atoms with Crippen molar-refractivity contribution in [2.24, 2.45) is 0 Å². The van der Waals surface area contributed by atoms with Gasteiger partial charge in [0.15, 0.2) is 0 Å². The third kappa shape index (κ3) is 11.9. The average Bonchev–Trinajstić information content (AvgIpc) is 3.72. The van der Waals surface area contributed by atoms with Gasteiger partial charge in [0.1, 0.15) is 0 Å². The first-order chi connectivity index (χ1) is 40.1. The van der Waals surface area contributed by atoms with Crippen molar-refractivity contribution in [2.45, 2.75) is 129 Å². The van der Waals surface area contributed by atoms with Gasteiger partial charge >= 0.3 is 0 Å². The van der Waals surface area contributed by atoms with Gasteiger partial charge in [-0.25, -0.2) is 0 Å². The Labute approximate surface area is 490 Å². The molecule has 0 saturated heterocycles. The number of rotatable bonds is 22. The first-order valence-corrected chi connectivity index (χ1v) is 30.7. The average molecular weight is 1070 g/mol. The number of benzene rings is 10. The molecule has 2 nitrogen and oxygen atoms in total. The molecule has 0 heterocycles. The predicted molar refractivity (Wildman–Crippen MR) is 355 cm³/mol. The summed E-state index contributed by atoms with van der Waals surface area (Å²) in [5, 5.41) is 4.77. The SMILES string of the molecule is CCCCCCc1ccc(N(c2ccc(-c3ccc(C(C)(C)C4=CCCC=C4)cc3)cc2)c2c3ccccc3c(N(c3ccc(CCCCCC)cc3)c3ccc(-c4ccc(C(C)(C)c5ccccc5)cc4)cc3)c3ccccc23)cc1. The van der Waals surface area contributed by atoms with E-state index >= 15 is 0 Å². The zero-order valence-electron chi connectivity index (χ0n) is 49.5. The fourth-order valence-electron chi connectivity index (χ4n) is 12.5. The maximum absolute atomic E-state index is 2.52. The lowest BCUT2D eigenvalue weighted by Gasteiger charge is -2.33. The van der Waals surface area contributed by atoms with Crippen molar-refractivity contribution in [1.82, 2.24) is 0 Å². The van der Waals surface area contributed by atoms with E-state index in [1.807, 2.05) is 0 Å². The Morgan fingerprint density at radius 1 is 0.329 bits per heavy atom. The fourth-order valence-corrected chi connectivity index (χ4v) is 12.5. The molecule has 0 spiro atoms. The maximum atomic E-state index is 2.52. The highest BCUT2D eigenvalue weighted by atomic mass is 15.2. The van der Waals surface area contributed by atoms with E-state index in [4.69, 9.17) is 0 Å². The van der Waals surface area contributed by atoms with Gasteiger partial charge in [-0.2, -0.15) is 0 Å². The molecule has 412 valence electrons. The lowest BCUT2D eigenvalue weighted by molar-refractivity contribution is 0.631. The van der Waals surface area contributed by atoms with Crippen LogP contribution in [0.3, 0.4) is 0 Å². The molecule has 0 N–H and O–H groups in total. The van der Waals surface area contributed by atoms with Gasteiger partial charge in [0, 0.05) is 55.1 Å². The number of nitrogens with zero attached hydrogens (tertiary/aromatic N) is 2. The second-order valence-electron chi connectivity index (χ2n) is 23.9. The maximum Gasteiger partial charge on any atom is 0.0619 e. The molecule has 0 amide bonds. The van der Waals surface area contributed by atoms with E-state index in [9.17, 15) is 0 Å². The number of anilines is 6. The molecule has 0 aromatic heterocycles. The van der Waals surface area contributed by atoms with Crippen LogP contribution in [0.1, 0.15) is 134 Å². The third-order valence-electron chi connectivity index (χ3n) is 17.7. The molecule has 0 radical (unpaired) electrons. The van der Waals surface area contributed by atoms with E-state index in [2.05, 4.69) is 294 Å². The predicted octanol–water partition coefficient (Wildman–Crippen LogP) is 23.4. The Morgan fingerprint density at radius 2 is 0.671 bits per heavy atom. The van der Waals surface area contributed by atoms with Crippen LogP contribution in [0, 0.1) is 0 Å². The van der Waals surface area contributed by atoms with E-state index in [1.54, 1.807) is 0 Å². The molecule has 0 fully saturated rings. The molecular weight excluding hydrogens is 989 g/mol. The molecule has 10 aromatic rings. The zero-order chi connectivity index (χ0) is 56.5. The molecule has 11 rings (SSSR count). The van der Waals surface area contributed by atoms with Crippen LogP contribution in [0.15, 0.2) is 248 Å². The Balaban J connectivity index is 1.02. The van der Waals surface area contributed by atoms with Crippen molar-refractivity contribution < 1.29 is 0 Å². The van der Waals surface area contributed by atoms with Gasteiger partial charge in [0.25, 0.3) is 0 Å². The molecule has 1 aliphatic rings. The van der Waals surface area contributed by atoms with Crippen LogP contribution in [0.2, 0.25) is 0 Å². The molecule has 0 bridgehead atoms. The van der Waals surface area contributed by atoms with Gasteiger partial charge in [-0.15, -0.1) is 0 Å². The largest absolute Gasteiger partial charge is 0.309 e. The van der Waals surface area contributed by atoms with Crippen LogP contribution in [-0.4, -0.2) is 0 Å². The molecule has 1 aliphatic carbocycles. The number of allylic oxidation sites excluding steroid dienone is 4. The van der Waals surface area contributed by atoms with Crippen molar-refractivity contribution >= 4 is 55.7 Å². The quantitative estimate of drug-likeness (QED) is 0.0379. The van der Waals surface area contributed by atoms with Gasteiger partial charge < -0.3 is 9.80 Å². The number of hydrogen-bond acceptors (Lipinski definition) is 2. The Hall–Kier alpha value is -8.20. The normalized spacial score (nSPS) is 12.7. The lowest BCUT2D eigenvalue weighted by Crippen LogP contribution is -2.20. The first kappa shape index (κ1) is 55.7. The summed E-state index contributed by atoms with van der Waals surface area (Å²) >= 11 is 0. The summed E-state index contributed by atoms with van der Waals surface area (Å²) in [6, 6.07) is 85.0. The second kappa shape index (κ2) is 25.3. The topological polar surface area (TPSA) is 6.48 Å². The van der Waals surface area contributed by atoms with Crippen molar-refractivity contribution in [3.8, 4) is 22.3 Å². The summed E-state index contributed by atoms with van der Waals surface area (Å²) in [5.74, 6) is 0. The fraction of sp³-hybridized carbons (Fsp3) is 0.250. The Morgan fingerprint density at radius 3 is 1.04 bits per heavy atom. The van der Waals surface area contributed by atoms with E-state index < -0.39 is 0 Å². The molecule has 82 heavy (non-hydrogen) atoms. The van der Waals surface area contributed by atoms with Crippen LogP contribution >= 0.6 is 0 Å². The zero-order valence-corrected chi connectivity index (χ0v) is 49.5. The number of unbranched alkanes of at least 4 members (excludes halogenated alkanes) is 6. The summed E-state index contributed by atoms with van der Waals surface area (Å²) in [4.78, 5) is 5.04. The smallest absolute Gasteiger partial charge is 0.0619 e. The molecule has 0 aliphatic heterocycles. The highest BCUT2D eigenvalue weighted by molar-refractivity contribution is 6.23. The highest BCUT2D eigenvalue weighted by Gasteiger charge is 2.28. The van der Waals surface area contributed by atoms with Gasteiger partial charge in [-0.1, -0.05) is 274 Å². The number of aryl methyl sites for hydroxylation is 2. The Bertz CT molecular complexity index is 3710. The van der Waals surface area contributed by atoms with Crippen LogP contribution in [0.5, 0.6) is 0 Å². The second-order valence-corrected chi connectivity index (χ2v) is 23.9. The summed E-state index contributed by atoms with van der Waals surface area (Å²) in [5.41, 5.74) is 19.7. The van der Waals surface area contributed by atoms with E-state index in [-0.39, 0.29) is 10.8 Å². The van der Waals surface area contributed by atoms with Crippen molar-refractivity contribution in [3.63, 3.8) is 0 Å². The van der Waals surface area contributed by atoms with E-state index in [0.29, 0.717) is 0 Å². The van der Waals surface area contributed by atoms with Crippen LogP contribution in [0.25, 0.3) is 43.8 Å². The van der Waals surface area contributed by atoms with Gasteiger partial charge in [-0.3, -0.25) is 0 Å². The van der Waals surface area contributed by atoms with Crippen LogP contribution in [0.4, 0.5) is 34.1 Å². The molecule has 0 unspecified atom stereocenters. The molecule has 0 atom stereocenters. The standard InChI is InChI=1S/C80H82N2/c1-7-9-11-15-25-59-35-51-69(52-36-59)81(71-55-43-63(44-56-71)61-39-47-67(48-40-61)79(3,4)65-27-17-13-18-28-65)77-73-31-21-23-33-75(73)78(76-34-24-22-32-74(76)77)82(70-53-37-60(38-54-70)26-16-12-10-8-2)72-57-45-64(46-58-72)62-41-49-68(50-42-62)80(5,6)66-29-19-14-20-30-66/h13,17-19,21-24,27-58H,7-12,14-16,20,25-26H2,1-6H3. The third-order valence-corrected chi connectivity index (χ3v) is 17.7. The Kier molecular flexibility index (Phi) is 17.2. The minimum Gasteiger partial charge on any atom is -0.309 e. The van der Waals surface area contributed by atoms with Crippen LogP contribution < -0.4 is 9.80 Å². The highest BCUT2D eigenvalue weighted by Crippen LogP contribution is 2.51. The summed E-state index contributed by atoms with van der Waals surface area (Å²) in [6.07, 6.45) is 21.5. The molecular formula is C80H82N2. The summed E-state index contributed by atoms with van der Waals surface area (Å²) in [7, 11) is 0. The minimum atomic E-state index is -0.105. The van der Waals surface area contributed by atoms with Gasteiger partial charge in [0.2, 0.25) is 0 Å². The minimum absolute atomic E-state index is 0.0551. The number of hydrogen-bond donors (Lipinski definition) is 0. The molecule has 10 aromatic carbocycles. The summed E-state index contributed by atoms with van der Waals surface area (Å²) < 4.78 is 0. The van der Waals surface area contributed by atoms with Gasteiger partial charge in [-0.05, 0) is 143 Å².